The number of piperazine rings is 1. The van der Waals surface area contributed by atoms with Gasteiger partial charge in [-0.1, -0.05) is 12.2 Å². The highest BCUT2D eigenvalue weighted by molar-refractivity contribution is 5.96. The fourth-order valence-electron chi connectivity index (χ4n) is 2.34. The van der Waals surface area contributed by atoms with E-state index in [2.05, 4.69) is 12.2 Å². The minimum Gasteiger partial charge on any atom is -0.375 e. The fourth-order valence-corrected chi connectivity index (χ4v) is 2.34. The number of nitrogens with two attached hydrogens (primary N) is 1. The summed E-state index contributed by atoms with van der Waals surface area (Å²) in [6, 6.07) is 0.171. The van der Waals surface area contributed by atoms with Gasteiger partial charge in [0.1, 0.15) is 0 Å². The zero-order valence-corrected chi connectivity index (χ0v) is 10.9. The summed E-state index contributed by atoms with van der Waals surface area (Å²) in [5.74, 6) is 0.0635. The Balaban J connectivity index is 2.07. The van der Waals surface area contributed by atoms with Gasteiger partial charge in [0.2, 0.25) is 0 Å². The minimum atomic E-state index is -0.214. The molecule has 0 aromatic rings. The van der Waals surface area contributed by atoms with E-state index in [4.69, 9.17) is 10.5 Å². The van der Waals surface area contributed by atoms with Crippen molar-refractivity contribution in [2.75, 3.05) is 26.7 Å². The van der Waals surface area contributed by atoms with Gasteiger partial charge in [0.25, 0.3) is 5.91 Å². The molecule has 5 nitrogen and oxygen atoms in total. The highest BCUT2D eigenvalue weighted by Gasteiger charge is 2.25. The van der Waals surface area contributed by atoms with E-state index in [9.17, 15) is 4.79 Å². The van der Waals surface area contributed by atoms with Crippen LogP contribution in [0, 0.1) is 0 Å². The molecule has 2 rings (SSSR count). The topological polar surface area (TPSA) is 67.6 Å². The molecule has 2 unspecified atom stereocenters. The van der Waals surface area contributed by atoms with E-state index >= 15 is 0 Å². The summed E-state index contributed by atoms with van der Waals surface area (Å²) in [6.45, 7) is 4.42. The molecule has 0 radical (unpaired) electrons. The third-order valence-electron chi connectivity index (χ3n) is 3.40. The molecular formula is C13H21N3O2. The Kier molecular flexibility index (Phi) is 4.16. The standard InChI is InChI=1S/C13H21N3O2/c1-9-8-16(6-5-15-9)13(17)10-3-4-11(14)12(7-10)18-2/h3-4,7,9,11-12,15H,5-6,8,14H2,1-2H3/t9-,11?,12?/m1/s1. The summed E-state index contributed by atoms with van der Waals surface area (Å²) in [7, 11) is 1.61. The SMILES string of the molecule is COC1C=C(C(=O)N2CCN[C@H](C)C2)C=CC1N. The molecule has 2 aliphatic rings. The number of methoxy groups -OCH3 is 1. The summed E-state index contributed by atoms with van der Waals surface area (Å²) < 4.78 is 5.26. The third kappa shape index (κ3) is 2.80. The van der Waals surface area contributed by atoms with Crippen LogP contribution >= 0.6 is 0 Å². The molecule has 3 atom stereocenters. The molecule has 18 heavy (non-hydrogen) atoms. The van der Waals surface area contributed by atoms with Crippen LogP contribution < -0.4 is 11.1 Å². The first kappa shape index (κ1) is 13.3. The number of ether oxygens (including phenoxy) is 1. The van der Waals surface area contributed by atoms with Gasteiger partial charge >= 0.3 is 0 Å². The predicted octanol–water partition coefficient (Wildman–Crippen LogP) is -0.355. The quantitative estimate of drug-likeness (QED) is 0.703. The molecule has 0 saturated carbocycles. The lowest BCUT2D eigenvalue weighted by Crippen LogP contribution is -2.51. The fraction of sp³-hybridized carbons (Fsp3) is 0.615. The molecule has 1 fully saturated rings. The summed E-state index contributed by atoms with van der Waals surface area (Å²) >= 11 is 0. The van der Waals surface area contributed by atoms with E-state index in [1.165, 1.54) is 0 Å². The highest BCUT2D eigenvalue weighted by Crippen LogP contribution is 2.15. The smallest absolute Gasteiger partial charge is 0.253 e. The minimum absolute atomic E-state index is 0.0635. The molecule has 1 saturated heterocycles. The van der Waals surface area contributed by atoms with Gasteiger partial charge in [-0.2, -0.15) is 0 Å². The van der Waals surface area contributed by atoms with Crippen molar-refractivity contribution in [1.82, 2.24) is 10.2 Å². The van der Waals surface area contributed by atoms with Crippen molar-refractivity contribution in [2.45, 2.75) is 25.1 Å². The maximum atomic E-state index is 12.3. The van der Waals surface area contributed by atoms with Gasteiger partial charge < -0.3 is 20.7 Å². The number of nitrogens with one attached hydrogen (secondary N) is 1. The number of carbonyl (C=O) groups excluding carboxylic acids is 1. The van der Waals surface area contributed by atoms with Crippen molar-refractivity contribution in [1.29, 1.82) is 0 Å². The van der Waals surface area contributed by atoms with Crippen molar-refractivity contribution in [3.63, 3.8) is 0 Å². The van der Waals surface area contributed by atoms with E-state index in [1.807, 2.05) is 17.1 Å². The summed E-state index contributed by atoms with van der Waals surface area (Å²) in [5, 5.41) is 3.32. The molecule has 3 N–H and O–H groups in total. The van der Waals surface area contributed by atoms with Gasteiger partial charge in [0.05, 0.1) is 12.1 Å². The molecule has 0 spiro atoms. The van der Waals surface area contributed by atoms with E-state index in [0.29, 0.717) is 11.6 Å². The predicted molar refractivity (Wildman–Crippen MR) is 70.0 cm³/mol. The maximum absolute atomic E-state index is 12.3. The molecule has 0 aromatic carbocycles. The normalized spacial score (nSPS) is 32.3. The number of carbonyl (C=O) groups is 1. The average molecular weight is 251 g/mol. The van der Waals surface area contributed by atoms with E-state index < -0.39 is 0 Å². The van der Waals surface area contributed by atoms with Gasteiger partial charge in [-0.3, -0.25) is 4.79 Å². The van der Waals surface area contributed by atoms with Gasteiger partial charge in [0, 0.05) is 38.4 Å². The maximum Gasteiger partial charge on any atom is 0.253 e. The number of hydrogen-bond donors (Lipinski definition) is 2. The molecule has 1 aliphatic carbocycles. The number of hydrogen-bond acceptors (Lipinski definition) is 4. The first-order valence-electron chi connectivity index (χ1n) is 6.33. The van der Waals surface area contributed by atoms with Gasteiger partial charge in [-0.25, -0.2) is 0 Å². The summed E-state index contributed by atoms with van der Waals surface area (Å²) in [5.41, 5.74) is 6.54. The van der Waals surface area contributed by atoms with Crippen molar-refractivity contribution < 1.29 is 9.53 Å². The van der Waals surface area contributed by atoms with Crippen molar-refractivity contribution in [3.05, 3.63) is 23.8 Å². The van der Waals surface area contributed by atoms with E-state index in [-0.39, 0.29) is 18.1 Å². The molecule has 5 heteroatoms. The van der Waals surface area contributed by atoms with Crippen LogP contribution in [-0.4, -0.2) is 55.7 Å². The number of nitrogens with zero attached hydrogens (tertiary/aromatic N) is 1. The Hall–Kier alpha value is -1.17. The lowest BCUT2D eigenvalue weighted by atomic mass is 9.99. The van der Waals surface area contributed by atoms with Crippen molar-refractivity contribution in [3.8, 4) is 0 Å². The Morgan fingerprint density at radius 1 is 1.61 bits per heavy atom. The van der Waals surface area contributed by atoms with Gasteiger partial charge in [0.15, 0.2) is 0 Å². The third-order valence-corrected chi connectivity index (χ3v) is 3.40. The lowest BCUT2D eigenvalue weighted by Gasteiger charge is -2.33. The monoisotopic (exact) mass is 251 g/mol. The van der Waals surface area contributed by atoms with E-state index in [0.717, 1.165) is 19.6 Å². The summed E-state index contributed by atoms with van der Waals surface area (Å²) in [6.07, 6.45) is 5.23. The first-order chi connectivity index (χ1) is 8.61. The van der Waals surface area contributed by atoms with Gasteiger partial charge in [-0.05, 0) is 13.0 Å². The second kappa shape index (κ2) is 5.65. The van der Waals surface area contributed by atoms with Crippen LogP contribution in [0.1, 0.15) is 6.92 Å². The Morgan fingerprint density at radius 2 is 2.39 bits per heavy atom. The van der Waals surface area contributed by atoms with Crippen LogP contribution in [0.3, 0.4) is 0 Å². The van der Waals surface area contributed by atoms with Crippen molar-refractivity contribution in [2.24, 2.45) is 5.73 Å². The second-order valence-corrected chi connectivity index (χ2v) is 4.87. The Morgan fingerprint density at radius 3 is 3.06 bits per heavy atom. The van der Waals surface area contributed by atoms with Crippen LogP contribution in [0.15, 0.2) is 23.8 Å². The molecule has 1 heterocycles. The largest absolute Gasteiger partial charge is 0.375 e. The van der Waals surface area contributed by atoms with Crippen LogP contribution in [0.25, 0.3) is 0 Å². The Labute approximate surface area is 108 Å². The first-order valence-corrected chi connectivity index (χ1v) is 6.33. The number of amides is 1. The lowest BCUT2D eigenvalue weighted by molar-refractivity contribution is -0.128. The molecule has 100 valence electrons. The molecule has 1 aliphatic heterocycles. The van der Waals surface area contributed by atoms with Crippen LogP contribution in [0.4, 0.5) is 0 Å². The van der Waals surface area contributed by atoms with Crippen molar-refractivity contribution >= 4 is 5.91 Å². The Bertz CT molecular complexity index is 378. The molecule has 0 aromatic heterocycles. The average Bonchev–Trinajstić information content (AvgIpc) is 2.38. The zero-order valence-electron chi connectivity index (χ0n) is 10.9. The number of rotatable bonds is 2. The van der Waals surface area contributed by atoms with E-state index in [1.54, 1.807) is 13.2 Å². The van der Waals surface area contributed by atoms with Gasteiger partial charge in [-0.15, -0.1) is 0 Å². The van der Waals surface area contributed by atoms with Crippen LogP contribution in [0.5, 0.6) is 0 Å². The molecule has 1 amide bonds. The molecular weight excluding hydrogens is 230 g/mol. The van der Waals surface area contributed by atoms with Crippen LogP contribution in [-0.2, 0) is 9.53 Å². The zero-order chi connectivity index (χ0) is 13.1. The van der Waals surface area contributed by atoms with Crippen LogP contribution in [0.2, 0.25) is 0 Å². The summed E-state index contributed by atoms with van der Waals surface area (Å²) in [4.78, 5) is 14.2. The highest BCUT2D eigenvalue weighted by atomic mass is 16.5. The molecule has 0 bridgehead atoms. The second-order valence-electron chi connectivity index (χ2n) is 4.87.